The van der Waals surface area contributed by atoms with Crippen LogP contribution in [0.15, 0.2) is 41.3 Å². The molecular weight excluding hydrogens is 405 g/mol. The summed E-state index contributed by atoms with van der Waals surface area (Å²) in [5.74, 6) is -0.615. The van der Waals surface area contributed by atoms with E-state index in [1.807, 2.05) is 6.92 Å². The van der Waals surface area contributed by atoms with Gasteiger partial charge in [0.25, 0.3) is 10.0 Å². The molecule has 3 rings (SSSR count). The van der Waals surface area contributed by atoms with Crippen LogP contribution in [0.3, 0.4) is 0 Å². The number of nitrogens with one attached hydrogen (secondary N) is 1. The first-order chi connectivity index (χ1) is 14.1. The van der Waals surface area contributed by atoms with E-state index in [2.05, 4.69) is 4.72 Å². The number of carbonyl (C=O) groups excluding carboxylic acids is 1. The number of anilines is 2. The van der Waals surface area contributed by atoms with Crippen molar-refractivity contribution in [3.63, 3.8) is 0 Å². The lowest BCUT2D eigenvalue weighted by Crippen LogP contribution is -2.40. The second kappa shape index (κ2) is 8.29. The largest absolute Gasteiger partial charge is 0.491 e. The lowest BCUT2D eigenvalue weighted by atomic mass is 9.77. The lowest BCUT2D eigenvalue weighted by molar-refractivity contribution is -0.123. The smallest absolute Gasteiger partial charge is 0.423 e. The molecule has 10 heteroatoms. The highest BCUT2D eigenvalue weighted by molar-refractivity contribution is 7.92. The predicted octanol–water partition coefficient (Wildman–Crippen LogP) is 1.22. The fraction of sp³-hybridized carbons (Fsp3) is 0.350. The van der Waals surface area contributed by atoms with Gasteiger partial charge < -0.3 is 21.1 Å². The molecule has 160 valence electrons. The molecule has 0 saturated heterocycles. The van der Waals surface area contributed by atoms with Crippen molar-refractivity contribution in [2.75, 3.05) is 10.5 Å². The molecule has 8 nitrogen and oxygen atoms in total. The van der Waals surface area contributed by atoms with Crippen molar-refractivity contribution in [2.45, 2.75) is 50.0 Å². The average molecular weight is 431 g/mol. The number of rotatable bonds is 8. The van der Waals surface area contributed by atoms with E-state index in [1.165, 1.54) is 24.3 Å². The molecule has 0 spiro atoms. The van der Waals surface area contributed by atoms with Crippen molar-refractivity contribution in [3.05, 3.63) is 47.5 Å². The van der Waals surface area contributed by atoms with Crippen molar-refractivity contribution in [1.29, 1.82) is 0 Å². The van der Waals surface area contributed by atoms with Gasteiger partial charge in [-0.2, -0.15) is 0 Å². The van der Waals surface area contributed by atoms with Crippen molar-refractivity contribution in [1.82, 2.24) is 0 Å². The Morgan fingerprint density at radius 2 is 2.03 bits per heavy atom. The number of hydrogen-bond donors (Lipinski definition) is 4. The maximum Gasteiger partial charge on any atom is 0.491 e. The van der Waals surface area contributed by atoms with Gasteiger partial charge in [0.05, 0.1) is 16.9 Å². The Morgan fingerprint density at radius 3 is 2.70 bits per heavy atom. The minimum atomic E-state index is -4.07. The summed E-state index contributed by atoms with van der Waals surface area (Å²) >= 11 is 0. The number of carbonyl (C=O) groups is 1. The molecule has 0 aliphatic carbocycles. The Hall–Kier alpha value is -2.56. The maximum atomic E-state index is 13.3. The van der Waals surface area contributed by atoms with Crippen LogP contribution in [-0.4, -0.2) is 26.5 Å². The van der Waals surface area contributed by atoms with Crippen LogP contribution in [0.2, 0.25) is 0 Å². The Kier molecular flexibility index (Phi) is 6.12. The Morgan fingerprint density at radius 1 is 1.30 bits per heavy atom. The molecule has 1 aliphatic heterocycles. The molecular formula is C20H26BN3O5S. The van der Waals surface area contributed by atoms with Gasteiger partial charge in [-0.15, -0.1) is 0 Å². The molecule has 6 N–H and O–H groups in total. The minimum Gasteiger partial charge on any atom is -0.423 e. The third-order valence-corrected chi connectivity index (χ3v) is 6.96. The number of nitrogens with two attached hydrogens (primary N) is 2. The van der Waals surface area contributed by atoms with Crippen LogP contribution in [-0.2, 0) is 31.5 Å². The van der Waals surface area contributed by atoms with E-state index in [1.54, 1.807) is 19.1 Å². The molecule has 1 unspecified atom stereocenters. The summed E-state index contributed by atoms with van der Waals surface area (Å²) in [4.78, 5) is 12.3. The van der Waals surface area contributed by atoms with Crippen LogP contribution < -0.4 is 21.7 Å². The number of unbranched alkanes of at least 4 members (excludes halogenated alkanes) is 1. The van der Waals surface area contributed by atoms with Crippen LogP contribution in [0.4, 0.5) is 11.4 Å². The van der Waals surface area contributed by atoms with E-state index in [0.717, 1.165) is 12.0 Å². The van der Waals surface area contributed by atoms with E-state index in [0.29, 0.717) is 24.0 Å². The van der Waals surface area contributed by atoms with Crippen LogP contribution in [0.1, 0.15) is 44.2 Å². The summed E-state index contributed by atoms with van der Waals surface area (Å²) < 4.78 is 34.2. The van der Waals surface area contributed by atoms with Crippen LogP contribution in [0.25, 0.3) is 0 Å². The third-order valence-electron chi connectivity index (χ3n) is 5.52. The number of sulfonamides is 1. The first kappa shape index (κ1) is 22.1. The molecule has 2 aromatic rings. The minimum absolute atomic E-state index is 0.0635. The highest BCUT2D eigenvalue weighted by atomic mass is 32.2. The second-order valence-electron chi connectivity index (χ2n) is 7.74. The highest BCUT2D eigenvalue weighted by Gasteiger charge is 2.38. The molecule has 1 atom stereocenters. The van der Waals surface area contributed by atoms with Crippen LogP contribution in [0.5, 0.6) is 0 Å². The zero-order chi connectivity index (χ0) is 22.1. The van der Waals surface area contributed by atoms with Gasteiger partial charge in [-0.05, 0) is 60.3 Å². The summed E-state index contributed by atoms with van der Waals surface area (Å²) in [7, 11) is -5.17. The van der Waals surface area contributed by atoms with Crippen molar-refractivity contribution in [3.8, 4) is 0 Å². The van der Waals surface area contributed by atoms with Gasteiger partial charge in [-0.3, -0.25) is 9.52 Å². The van der Waals surface area contributed by atoms with Crippen molar-refractivity contribution >= 4 is 39.9 Å². The van der Waals surface area contributed by atoms with Crippen molar-refractivity contribution < 1.29 is 22.9 Å². The SMILES string of the molecule is CCCCC(C)(C(N)=O)c1cc(N)ccc1S(=O)(=O)Nc1ccc2c(c1)B(O)OC2. The van der Waals surface area contributed by atoms with Gasteiger partial charge >= 0.3 is 7.12 Å². The fourth-order valence-electron chi connectivity index (χ4n) is 3.62. The monoisotopic (exact) mass is 431 g/mol. The Bertz CT molecular complexity index is 1080. The summed E-state index contributed by atoms with van der Waals surface area (Å²) in [6.07, 6.45) is 1.92. The number of fused-ring (bicyclic) bond motifs is 1. The zero-order valence-corrected chi connectivity index (χ0v) is 17.8. The Balaban J connectivity index is 2.04. The molecule has 1 amide bonds. The number of nitrogen functional groups attached to an aromatic ring is 1. The number of amides is 1. The van der Waals surface area contributed by atoms with Gasteiger partial charge in [0.2, 0.25) is 5.91 Å². The normalized spacial score (nSPS) is 15.5. The van der Waals surface area contributed by atoms with E-state index in [9.17, 15) is 18.2 Å². The first-order valence-electron chi connectivity index (χ1n) is 9.73. The summed E-state index contributed by atoms with van der Waals surface area (Å²) in [6.45, 7) is 3.88. The molecule has 0 fully saturated rings. The fourth-order valence-corrected chi connectivity index (χ4v) is 4.99. The molecule has 1 aliphatic rings. The highest BCUT2D eigenvalue weighted by Crippen LogP contribution is 2.36. The molecule has 0 aromatic heterocycles. The van der Waals surface area contributed by atoms with Crippen molar-refractivity contribution in [2.24, 2.45) is 5.73 Å². The van der Waals surface area contributed by atoms with E-state index < -0.39 is 28.5 Å². The van der Waals surface area contributed by atoms with Gasteiger partial charge in [-0.25, -0.2) is 8.42 Å². The zero-order valence-electron chi connectivity index (χ0n) is 17.0. The molecule has 2 aromatic carbocycles. The molecule has 30 heavy (non-hydrogen) atoms. The van der Waals surface area contributed by atoms with E-state index in [4.69, 9.17) is 16.1 Å². The average Bonchev–Trinajstić information content (AvgIpc) is 3.05. The molecule has 0 radical (unpaired) electrons. The second-order valence-corrected chi connectivity index (χ2v) is 9.39. The third kappa shape index (κ3) is 4.16. The standard InChI is InChI=1S/C20H26BN3O5S/c1-3-4-9-20(2,19(23)25)16-10-14(22)6-8-18(16)30(27,28)24-15-7-5-13-12-29-21(26)17(13)11-15/h5-8,10-11,24,26H,3-4,9,12,22H2,1-2H3,(H2,23,25). The molecule has 1 heterocycles. The maximum absolute atomic E-state index is 13.3. The first-order valence-corrected chi connectivity index (χ1v) is 11.2. The summed E-state index contributed by atoms with van der Waals surface area (Å²) in [5, 5.41) is 9.88. The number of hydrogen-bond acceptors (Lipinski definition) is 6. The van der Waals surface area contributed by atoms with E-state index >= 15 is 0 Å². The topological polar surface area (TPSA) is 145 Å². The van der Waals surface area contributed by atoms with Crippen LogP contribution >= 0.6 is 0 Å². The summed E-state index contributed by atoms with van der Waals surface area (Å²) in [5.41, 5.74) is 12.6. The van der Waals surface area contributed by atoms with Gasteiger partial charge in [0.1, 0.15) is 0 Å². The molecule has 0 bridgehead atoms. The predicted molar refractivity (Wildman–Crippen MR) is 117 cm³/mol. The van der Waals surface area contributed by atoms with Crippen LogP contribution in [0, 0.1) is 0 Å². The number of primary amides is 1. The quantitative estimate of drug-likeness (QED) is 0.365. The molecule has 0 saturated carbocycles. The Labute approximate surface area is 176 Å². The summed E-state index contributed by atoms with van der Waals surface area (Å²) in [6, 6.07) is 9.17. The van der Waals surface area contributed by atoms with E-state index in [-0.39, 0.29) is 22.8 Å². The number of benzene rings is 2. The van der Waals surface area contributed by atoms with Gasteiger partial charge in [0.15, 0.2) is 0 Å². The van der Waals surface area contributed by atoms with Gasteiger partial charge in [0, 0.05) is 11.4 Å². The van der Waals surface area contributed by atoms with Gasteiger partial charge in [-0.1, -0.05) is 25.8 Å². The lowest BCUT2D eigenvalue weighted by Gasteiger charge is -2.29.